The van der Waals surface area contributed by atoms with Crippen LogP contribution in [0, 0.1) is 12.7 Å². The Morgan fingerprint density at radius 2 is 1.71 bits per heavy atom. The fourth-order valence-electron chi connectivity index (χ4n) is 4.87. The number of aryl methyl sites for hydroxylation is 1. The Bertz CT molecular complexity index is 1910. The lowest BCUT2D eigenvalue weighted by molar-refractivity contribution is -0.132. The Hall–Kier alpha value is -5.00. The summed E-state index contributed by atoms with van der Waals surface area (Å²) in [5.74, 6) is -1.44. The molecule has 11 heteroatoms. The number of aromatic nitrogens is 2. The number of aliphatic hydroxyl groups is 1. The summed E-state index contributed by atoms with van der Waals surface area (Å²) in [6, 6.07) is 26.9. The number of thioether (sulfide) groups is 1. The molecule has 0 unspecified atom stereocenters. The van der Waals surface area contributed by atoms with Crippen molar-refractivity contribution in [2.24, 2.45) is 0 Å². The molecule has 1 aromatic heterocycles. The number of Topliss-reactive ketones (excluding diaryl/α,β-unsaturated/α-hetero) is 1. The first-order chi connectivity index (χ1) is 21.8. The topological polar surface area (TPSA) is 102 Å². The Morgan fingerprint density at radius 3 is 2.44 bits per heavy atom. The SMILES string of the molecule is COc1ccc(C(O)=C2C(=O)C(=O)N(c3nnc(SCc4ccc(C)cc4)s3)[C@H]2c2cccc(Oc3ccccc3)c2)cc1F. The number of ether oxygens (including phenoxy) is 2. The Kier molecular flexibility index (Phi) is 8.63. The van der Waals surface area contributed by atoms with Crippen LogP contribution < -0.4 is 14.4 Å². The molecule has 1 amide bonds. The number of nitrogens with zero attached hydrogens (tertiary/aromatic N) is 3. The molecule has 0 bridgehead atoms. The zero-order valence-corrected chi connectivity index (χ0v) is 25.8. The largest absolute Gasteiger partial charge is 0.507 e. The Balaban J connectivity index is 1.40. The maximum Gasteiger partial charge on any atom is 0.301 e. The van der Waals surface area contributed by atoms with Gasteiger partial charge in [-0.05, 0) is 60.5 Å². The first kappa shape index (κ1) is 30.0. The Labute approximate surface area is 266 Å². The number of benzene rings is 4. The van der Waals surface area contributed by atoms with Crippen molar-refractivity contribution in [1.82, 2.24) is 10.2 Å². The molecule has 0 saturated carbocycles. The highest BCUT2D eigenvalue weighted by atomic mass is 32.2. The molecule has 2 heterocycles. The van der Waals surface area contributed by atoms with Gasteiger partial charge in [0.15, 0.2) is 15.9 Å². The van der Waals surface area contributed by atoms with Gasteiger partial charge in [0.25, 0.3) is 5.78 Å². The number of para-hydroxylation sites is 1. The molecule has 1 saturated heterocycles. The summed E-state index contributed by atoms with van der Waals surface area (Å²) >= 11 is 2.62. The number of ketones is 1. The number of hydrogen-bond donors (Lipinski definition) is 1. The van der Waals surface area contributed by atoms with E-state index < -0.39 is 29.3 Å². The van der Waals surface area contributed by atoms with Crippen LogP contribution in [0.15, 0.2) is 107 Å². The number of halogens is 1. The number of anilines is 1. The fourth-order valence-corrected chi connectivity index (χ4v) is 6.70. The summed E-state index contributed by atoms with van der Waals surface area (Å²) in [5.41, 5.74) is 2.53. The van der Waals surface area contributed by atoms with E-state index in [1.165, 1.54) is 35.9 Å². The quantitative estimate of drug-likeness (QED) is 0.0576. The van der Waals surface area contributed by atoms with Gasteiger partial charge in [-0.15, -0.1) is 10.2 Å². The second-order valence-corrected chi connectivity index (χ2v) is 12.3. The highest BCUT2D eigenvalue weighted by molar-refractivity contribution is 8.00. The minimum atomic E-state index is -1.10. The maximum atomic E-state index is 14.7. The zero-order chi connectivity index (χ0) is 31.5. The second kappa shape index (κ2) is 12.9. The smallest absolute Gasteiger partial charge is 0.301 e. The summed E-state index contributed by atoms with van der Waals surface area (Å²) in [5, 5.41) is 20.2. The minimum absolute atomic E-state index is 0.0135. The first-order valence-electron chi connectivity index (χ1n) is 13.8. The predicted molar refractivity (Wildman–Crippen MR) is 171 cm³/mol. The van der Waals surface area contributed by atoms with Crippen LogP contribution in [0.1, 0.15) is 28.3 Å². The molecule has 5 aromatic rings. The van der Waals surface area contributed by atoms with Crippen LogP contribution in [-0.2, 0) is 15.3 Å². The van der Waals surface area contributed by atoms with Gasteiger partial charge in [0.1, 0.15) is 17.3 Å². The number of carbonyl (C=O) groups is 2. The van der Waals surface area contributed by atoms with Gasteiger partial charge < -0.3 is 14.6 Å². The van der Waals surface area contributed by atoms with Gasteiger partial charge in [0.2, 0.25) is 5.13 Å². The van der Waals surface area contributed by atoms with E-state index in [4.69, 9.17) is 9.47 Å². The lowest BCUT2D eigenvalue weighted by Gasteiger charge is -2.23. The summed E-state index contributed by atoms with van der Waals surface area (Å²) in [7, 11) is 1.32. The molecule has 1 aliphatic heterocycles. The van der Waals surface area contributed by atoms with Crippen LogP contribution >= 0.6 is 23.1 Å². The van der Waals surface area contributed by atoms with Gasteiger partial charge >= 0.3 is 5.91 Å². The number of hydrogen-bond acceptors (Lipinski definition) is 9. The van der Waals surface area contributed by atoms with Gasteiger partial charge in [-0.3, -0.25) is 14.5 Å². The molecule has 8 nitrogen and oxygen atoms in total. The third kappa shape index (κ3) is 6.31. The molecule has 4 aromatic carbocycles. The van der Waals surface area contributed by atoms with E-state index in [2.05, 4.69) is 10.2 Å². The molecule has 45 heavy (non-hydrogen) atoms. The average molecular weight is 640 g/mol. The van der Waals surface area contributed by atoms with E-state index in [9.17, 15) is 19.1 Å². The van der Waals surface area contributed by atoms with E-state index in [1.807, 2.05) is 49.4 Å². The highest BCUT2D eigenvalue weighted by Crippen LogP contribution is 2.45. The van der Waals surface area contributed by atoms with Crippen molar-refractivity contribution in [3.05, 3.63) is 131 Å². The van der Waals surface area contributed by atoms with Crippen molar-refractivity contribution in [3.8, 4) is 17.2 Å². The van der Waals surface area contributed by atoms with E-state index in [-0.39, 0.29) is 22.0 Å². The number of amides is 1. The Morgan fingerprint density at radius 1 is 0.956 bits per heavy atom. The lowest BCUT2D eigenvalue weighted by Crippen LogP contribution is -2.29. The van der Waals surface area contributed by atoms with Gasteiger partial charge in [0.05, 0.1) is 18.7 Å². The maximum absolute atomic E-state index is 14.7. The van der Waals surface area contributed by atoms with Crippen LogP contribution in [0.4, 0.5) is 9.52 Å². The standard InChI is InChI=1S/C34H26FN3O5S2/c1-20-11-13-21(14-12-20)19-44-34-37-36-33(45-34)38-29(22-7-6-10-25(17-22)43-24-8-4-3-5-9-24)28(31(40)32(38)41)30(39)23-15-16-27(42-2)26(35)18-23/h3-18,29,39H,19H2,1-2H3/t29-/m0/s1. The van der Waals surface area contributed by atoms with Crippen molar-refractivity contribution >= 4 is 45.7 Å². The number of rotatable bonds is 9. The van der Waals surface area contributed by atoms with Gasteiger partial charge in [-0.1, -0.05) is 83.3 Å². The van der Waals surface area contributed by atoms with Crippen LogP contribution in [0.5, 0.6) is 17.2 Å². The van der Waals surface area contributed by atoms with Crippen LogP contribution in [-0.4, -0.2) is 34.1 Å². The second-order valence-electron chi connectivity index (χ2n) is 10.1. The van der Waals surface area contributed by atoms with Crippen molar-refractivity contribution in [2.75, 3.05) is 12.0 Å². The van der Waals surface area contributed by atoms with E-state index >= 15 is 0 Å². The van der Waals surface area contributed by atoms with E-state index in [0.717, 1.165) is 28.5 Å². The third-order valence-electron chi connectivity index (χ3n) is 7.11. The predicted octanol–water partition coefficient (Wildman–Crippen LogP) is 7.71. The number of methoxy groups -OCH3 is 1. The molecule has 1 N–H and O–H groups in total. The average Bonchev–Trinajstić information content (AvgIpc) is 3.62. The zero-order valence-electron chi connectivity index (χ0n) is 24.1. The lowest BCUT2D eigenvalue weighted by atomic mass is 9.95. The highest BCUT2D eigenvalue weighted by Gasteiger charge is 2.48. The van der Waals surface area contributed by atoms with Crippen molar-refractivity contribution in [2.45, 2.75) is 23.1 Å². The molecule has 226 valence electrons. The first-order valence-corrected chi connectivity index (χ1v) is 15.6. The summed E-state index contributed by atoms with van der Waals surface area (Å²) in [6.07, 6.45) is 0. The molecule has 0 aliphatic carbocycles. The van der Waals surface area contributed by atoms with Gasteiger partial charge in [-0.2, -0.15) is 0 Å². The van der Waals surface area contributed by atoms with Crippen LogP contribution in [0.25, 0.3) is 5.76 Å². The van der Waals surface area contributed by atoms with Crippen LogP contribution in [0.3, 0.4) is 0 Å². The molecule has 6 rings (SSSR count). The summed E-state index contributed by atoms with van der Waals surface area (Å²) in [4.78, 5) is 28.5. The third-order valence-corrected chi connectivity index (χ3v) is 9.23. The number of aliphatic hydroxyl groups excluding tert-OH is 1. The minimum Gasteiger partial charge on any atom is -0.507 e. The summed E-state index contributed by atoms with van der Waals surface area (Å²) < 4.78 is 26.3. The monoisotopic (exact) mass is 639 g/mol. The molecule has 0 spiro atoms. The fraction of sp³-hybridized carbons (Fsp3) is 0.118. The molecular formula is C34H26FN3O5S2. The molecule has 1 fully saturated rings. The van der Waals surface area contributed by atoms with E-state index in [1.54, 1.807) is 36.4 Å². The van der Waals surface area contributed by atoms with Crippen molar-refractivity contribution in [3.63, 3.8) is 0 Å². The summed E-state index contributed by atoms with van der Waals surface area (Å²) in [6.45, 7) is 2.02. The van der Waals surface area contributed by atoms with Gasteiger partial charge in [0, 0.05) is 11.3 Å². The van der Waals surface area contributed by atoms with Gasteiger partial charge in [-0.25, -0.2) is 4.39 Å². The molecule has 0 radical (unpaired) electrons. The normalized spacial score (nSPS) is 15.8. The molecule has 1 atom stereocenters. The van der Waals surface area contributed by atoms with Crippen molar-refractivity contribution in [1.29, 1.82) is 0 Å². The van der Waals surface area contributed by atoms with E-state index in [0.29, 0.717) is 27.2 Å². The molecular weight excluding hydrogens is 614 g/mol. The number of carbonyl (C=O) groups excluding carboxylic acids is 2. The van der Waals surface area contributed by atoms with Crippen LogP contribution in [0.2, 0.25) is 0 Å². The molecule has 1 aliphatic rings. The van der Waals surface area contributed by atoms with Crippen molar-refractivity contribution < 1.29 is 28.6 Å².